The molecule has 0 bridgehead atoms. The second-order valence-electron chi connectivity index (χ2n) is 5.39. The molecule has 8 heteroatoms. The lowest BCUT2D eigenvalue weighted by Crippen LogP contribution is -2.28. The number of nitrogens with one attached hydrogen (secondary N) is 1. The summed E-state index contributed by atoms with van der Waals surface area (Å²) in [4.78, 5) is 35.0. The number of rotatable bonds is 7. The van der Waals surface area contributed by atoms with E-state index in [0.29, 0.717) is 5.56 Å². The van der Waals surface area contributed by atoms with Crippen LogP contribution in [0.1, 0.15) is 26.3 Å². The first-order chi connectivity index (χ1) is 12.9. The van der Waals surface area contributed by atoms with Crippen molar-refractivity contribution in [3.63, 3.8) is 0 Å². The second kappa shape index (κ2) is 9.33. The maximum atomic E-state index is 13.6. The normalized spacial score (nSPS) is 10.0. The van der Waals surface area contributed by atoms with Crippen LogP contribution in [0.15, 0.2) is 42.5 Å². The summed E-state index contributed by atoms with van der Waals surface area (Å²) in [6.45, 7) is -0.318. The Morgan fingerprint density at radius 2 is 1.63 bits per heavy atom. The molecule has 0 radical (unpaired) electrons. The molecule has 0 aliphatic carbocycles. The number of hydrogen-bond acceptors (Lipinski definition) is 6. The maximum Gasteiger partial charge on any atom is 0.338 e. The predicted molar refractivity (Wildman–Crippen MR) is 92.9 cm³/mol. The van der Waals surface area contributed by atoms with Crippen LogP contribution in [0.2, 0.25) is 0 Å². The van der Waals surface area contributed by atoms with Crippen LogP contribution in [0.3, 0.4) is 0 Å². The molecule has 0 atom stereocenters. The van der Waals surface area contributed by atoms with Gasteiger partial charge in [0.05, 0.1) is 25.3 Å². The van der Waals surface area contributed by atoms with E-state index in [1.165, 1.54) is 26.4 Å². The zero-order valence-electron chi connectivity index (χ0n) is 14.8. The quantitative estimate of drug-likeness (QED) is 0.746. The molecule has 2 aromatic rings. The summed E-state index contributed by atoms with van der Waals surface area (Å²) in [6.07, 6.45) is 0. The van der Waals surface area contributed by atoms with Gasteiger partial charge in [0.25, 0.3) is 5.91 Å². The lowest BCUT2D eigenvalue weighted by molar-refractivity contribution is -0.124. The molecule has 0 saturated carbocycles. The van der Waals surface area contributed by atoms with E-state index in [1.807, 2.05) is 0 Å². The summed E-state index contributed by atoms with van der Waals surface area (Å²) in [5, 5.41) is 2.57. The Labute approximate surface area is 155 Å². The Morgan fingerprint density at radius 3 is 2.22 bits per heavy atom. The fourth-order valence-corrected chi connectivity index (χ4v) is 2.14. The topological polar surface area (TPSA) is 90.9 Å². The van der Waals surface area contributed by atoms with E-state index in [4.69, 9.17) is 9.47 Å². The predicted octanol–water partition coefficient (Wildman–Crippen LogP) is 2.09. The number of carbonyl (C=O) groups is 3. The first-order valence-corrected chi connectivity index (χ1v) is 7.89. The number of esters is 2. The molecule has 27 heavy (non-hydrogen) atoms. The van der Waals surface area contributed by atoms with Gasteiger partial charge in [-0.3, -0.25) is 4.79 Å². The molecule has 1 amide bonds. The standard InChI is InChI=1S/C19H18FNO6/c1-25-16-8-7-14(9-15(16)20)19(24)27-11-17(22)21-10-12-3-5-13(6-4-12)18(23)26-2/h3-9H,10-11H2,1-2H3,(H,21,22). The lowest BCUT2D eigenvalue weighted by Gasteiger charge is -2.08. The van der Waals surface area contributed by atoms with Crippen molar-refractivity contribution in [1.29, 1.82) is 0 Å². The maximum absolute atomic E-state index is 13.6. The van der Waals surface area contributed by atoms with Crippen LogP contribution in [0.25, 0.3) is 0 Å². The van der Waals surface area contributed by atoms with Crippen LogP contribution in [0.4, 0.5) is 4.39 Å². The van der Waals surface area contributed by atoms with Crippen LogP contribution in [-0.2, 0) is 20.8 Å². The van der Waals surface area contributed by atoms with Crippen LogP contribution in [-0.4, -0.2) is 38.7 Å². The van der Waals surface area contributed by atoms with Gasteiger partial charge in [-0.25, -0.2) is 14.0 Å². The Morgan fingerprint density at radius 1 is 0.963 bits per heavy atom. The number of carbonyl (C=O) groups excluding carboxylic acids is 3. The largest absolute Gasteiger partial charge is 0.494 e. The summed E-state index contributed by atoms with van der Waals surface area (Å²) in [6, 6.07) is 10.1. The van der Waals surface area contributed by atoms with Crippen molar-refractivity contribution in [2.45, 2.75) is 6.54 Å². The summed E-state index contributed by atoms with van der Waals surface area (Å²) < 4.78 is 27.8. The van der Waals surface area contributed by atoms with Gasteiger partial charge < -0.3 is 19.5 Å². The van der Waals surface area contributed by atoms with E-state index in [1.54, 1.807) is 24.3 Å². The number of methoxy groups -OCH3 is 2. The average molecular weight is 375 g/mol. The van der Waals surface area contributed by atoms with Crippen LogP contribution in [0.5, 0.6) is 5.75 Å². The van der Waals surface area contributed by atoms with Gasteiger partial charge in [-0.1, -0.05) is 12.1 Å². The average Bonchev–Trinajstić information content (AvgIpc) is 2.70. The second-order valence-corrected chi connectivity index (χ2v) is 5.39. The molecule has 0 unspecified atom stereocenters. The SMILES string of the molecule is COC(=O)c1ccc(CNC(=O)COC(=O)c2ccc(OC)c(F)c2)cc1. The molecule has 0 saturated heterocycles. The van der Waals surface area contributed by atoms with Crippen molar-refractivity contribution in [3.05, 3.63) is 65.0 Å². The Bertz CT molecular complexity index is 835. The molecule has 1 N–H and O–H groups in total. The van der Waals surface area contributed by atoms with Gasteiger partial charge in [-0.05, 0) is 35.9 Å². The Balaban J connectivity index is 1.81. The number of halogens is 1. The molecule has 2 rings (SSSR count). The molecule has 0 heterocycles. The number of hydrogen-bond donors (Lipinski definition) is 1. The molecule has 0 aliphatic heterocycles. The van der Waals surface area contributed by atoms with E-state index >= 15 is 0 Å². The summed E-state index contributed by atoms with van der Waals surface area (Å²) in [5.41, 5.74) is 1.12. The molecular weight excluding hydrogens is 357 g/mol. The highest BCUT2D eigenvalue weighted by atomic mass is 19.1. The van der Waals surface area contributed by atoms with E-state index in [9.17, 15) is 18.8 Å². The van der Waals surface area contributed by atoms with Crippen molar-refractivity contribution in [3.8, 4) is 5.75 Å². The molecule has 2 aromatic carbocycles. The van der Waals surface area contributed by atoms with E-state index in [2.05, 4.69) is 10.1 Å². The van der Waals surface area contributed by atoms with Crippen molar-refractivity contribution in [1.82, 2.24) is 5.32 Å². The molecular formula is C19H18FNO6. The van der Waals surface area contributed by atoms with Gasteiger partial charge in [0.15, 0.2) is 18.2 Å². The zero-order valence-corrected chi connectivity index (χ0v) is 14.8. The van der Waals surface area contributed by atoms with Crippen LogP contribution in [0, 0.1) is 5.82 Å². The minimum atomic E-state index is -0.825. The molecule has 0 fully saturated rings. The Hall–Kier alpha value is -3.42. The van der Waals surface area contributed by atoms with Crippen molar-refractivity contribution >= 4 is 17.8 Å². The summed E-state index contributed by atoms with van der Waals surface area (Å²) in [7, 11) is 2.60. The first kappa shape index (κ1) is 19.9. The number of benzene rings is 2. The smallest absolute Gasteiger partial charge is 0.338 e. The fraction of sp³-hybridized carbons (Fsp3) is 0.211. The molecule has 142 valence electrons. The Kier molecular flexibility index (Phi) is 6.87. The van der Waals surface area contributed by atoms with E-state index in [0.717, 1.165) is 11.6 Å². The third-order valence-electron chi connectivity index (χ3n) is 3.59. The minimum absolute atomic E-state index is 0.00232. The minimum Gasteiger partial charge on any atom is -0.494 e. The first-order valence-electron chi connectivity index (χ1n) is 7.89. The van der Waals surface area contributed by atoms with Crippen molar-refractivity contribution in [2.24, 2.45) is 0 Å². The number of ether oxygens (including phenoxy) is 3. The van der Waals surface area contributed by atoms with Crippen LogP contribution >= 0.6 is 0 Å². The summed E-state index contributed by atoms with van der Waals surface area (Å²) >= 11 is 0. The molecule has 0 spiro atoms. The van der Waals surface area contributed by atoms with Gasteiger partial charge in [-0.15, -0.1) is 0 Å². The molecule has 0 aromatic heterocycles. The molecule has 0 aliphatic rings. The van der Waals surface area contributed by atoms with Gasteiger partial charge >= 0.3 is 11.9 Å². The van der Waals surface area contributed by atoms with Gasteiger partial charge in [-0.2, -0.15) is 0 Å². The van der Waals surface area contributed by atoms with Crippen molar-refractivity contribution < 1.29 is 33.0 Å². The highest BCUT2D eigenvalue weighted by Gasteiger charge is 2.13. The van der Waals surface area contributed by atoms with Crippen molar-refractivity contribution in [2.75, 3.05) is 20.8 Å². The fourth-order valence-electron chi connectivity index (χ4n) is 2.14. The number of amides is 1. The highest BCUT2D eigenvalue weighted by Crippen LogP contribution is 2.18. The van der Waals surface area contributed by atoms with E-state index in [-0.39, 0.29) is 17.9 Å². The van der Waals surface area contributed by atoms with Crippen LogP contribution < -0.4 is 10.1 Å². The van der Waals surface area contributed by atoms with E-state index < -0.39 is 30.3 Å². The van der Waals surface area contributed by atoms with Gasteiger partial charge in [0, 0.05) is 6.54 Å². The summed E-state index contributed by atoms with van der Waals surface area (Å²) in [5.74, 6) is -2.50. The van der Waals surface area contributed by atoms with Gasteiger partial charge in [0.1, 0.15) is 0 Å². The third kappa shape index (κ3) is 5.53. The zero-order chi connectivity index (χ0) is 19.8. The molecule has 7 nitrogen and oxygen atoms in total. The highest BCUT2D eigenvalue weighted by molar-refractivity contribution is 5.91. The van der Waals surface area contributed by atoms with Gasteiger partial charge in [0.2, 0.25) is 0 Å². The lowest BCUT2D eigenvalue weighted by atomic mass is 10.1. The monoisotopic (exact) mass is 375 g/mol. The third-order valence-corrected chi connectivity index (χ3v) is 3.59.